The SMILES string of the molecule is CC1C(=O)NC(C(C)(C)C)C(=O)N1Cc1ccncn1. The molecule has 2 atom stereocenters. The number of nitrogens with one attached hydrogen (secondary N) is 1. The third kappa shape index (κ3) is 2.79. The monoisotopic (exact) mass is 276 g/mol. The van der Waals surface area contributed by atoms with Gasteiger partial charge in [0.1, 0.15) is 18.4 Å². The molecule has 2 unspecified atom stereocenters. The molecule has 6 heteroatoms. The standard InChI is InChI=1S/C14H20N4O2/c1-9-12(19)17-11(14(2,3)4)13(20)18(9)7-10-5-6-15-8-16-10/h5-6,8-9,11H,7H2,1-4H3,(H,17,19). The van der Waals surface area contributed by atoms with Gasteiger partial charge < -0.3 is 10.2 Å². The van der Waals surface area contributed by atoms with Gasteiger partial charge in [0, 0.05) is 6.20 Å². The van der Waals surface area contributed by atoms with E-state index >= 15 is 0 Å². The van der Waals surface area contributed by atoms with Crippen LogP contribution in [0.2, 0.25) is 0 Å². The summed E-state index contributed by atoms with van der Waals surface area (Å²) < 4.78 is 0. The van der Waals surface area contributed by atoms with Gasteiger partial charge >= 0.3 is 0 Å². The molecule has 0 aromatic carbocycles. The first-order valence-electron chi connectivity index (χ1n) is 6.66. The minimum Gasteiger partial charge on any atom is -0.342 e. The highest BCUT2D eigenvalue weighted by atomic mass is 16.2. The van der Waals surface area contributed by atoms with Gasteiger partial charge in [-0.25, -0.2) is 9.97 Å². The molecule has 1 aliphatic heterocycles. The molecule has 0 aliphatic carbocycles. The number of rotatable bonds is 2. The Morgan fingerprint density at radius 2 is 2.05 bits per heavy atom. The average Bonchev–Trinajstić information content (AvgIpc) is 2.39. The average molecular weight is 276 g/mol. The van der Waals surface area contributed by atoms with Crippen LogP contribution in [-0.2, 0) is 16.1 Å². The second-order valence-corrected chi connectivity index (χ2v) is 6.15. The fraction of sp³-hybridized carbons (Fsp3) is 0.571. The summed E-state index contributed by atoms with van der Waals surface area (Å²) in [5.41, 5.74) is 0.402. The zero-order valence-electron chi connectivity index (χ0n) is 12.3. The van der Waals surface area contributed by atoms with Crippen molar-refractivity contribution >= 4 is 11.8 Å². The summed E-state index contributed by atoms with van der Waals surface area (Å²) in [6.45, 7) is 7.87. The van der Waals surface area contributed by atoms with Crippen LogP contribution in [0.3, 0.4) is 0 Å². The molecule has 0 radical (unpaired) electrons. The van der Waals surface area contributed by atoms with E-state index in [4.69, 9.17) is 0 Å². The van der Waals surface area contributed by atoms with Crippen molar-refractivity contribution in [1.29, 1.82) is 0 Å². The second-order valence-electron chi connectivity index (χ2n) is 6.15. The Morgan fingerprint density at radius 3 is 2.60 bits per heavy atom. The molecule has 0 bridgehead atoms. The van der Waals surface area contributed by atoms with E-state index in [1.165, 1.54) is 6.33 Å². The van der Waals surface area contributed by atoms with Crippen LogP contribution in [0, 0.1) is 5.41 Å². The van der Waals surface area contributed by atoms with Crippen molar-refractivity contribution in [2.45, 2.75) is 46.3 Å². The van der Waals surface area contributed by atoms with Crippen LogP contribution in [-0.4, -0.2) is 38.8 Å². The van der Waals surface area contributed by atoms with E-state index in [9.17, 15) is 9.59 Å². The zero-order valence-corrected chi connectivity index (χ0v) is 12.3. The Bertz CT molecular complexity index is 510. The Morgan fingerprint density at radius 1 is 1.35 bits per heavy atom. The molecular formula is C14H20N4O2. The van der Waals surface area contributed by atoms with E-state index in [0.717, 1.165) is 5.69 Å². The number of aromatic nitrogens is 2. The molecule has 20 heavy (non-hydrogen) atoms. The van der Waals surface area contributed by atoms with Gasteiger partial charge in [-0.1, -0.05) is 20.8 Å². The van der Waals surface area contributed by atoms with E-state index < -0.39 is 12.1 Å². The van der Waals surface area contributed by atoms with Crippen molar-refractivity contribution in [3.8, 4) is 0 Å². The van der Waals surface area contributed by atoms with Crippen molar-refractivity contribution < 1.29 is 9.59 Å². The summed E-state index contributed by atoms with van der Waals surface area (Å²) in [5, 5.41) is 2.81. The molecular weight excluding hydrogens is 256 g/mol. The highest BCUT2D eigenvalue weighted by Gasteiger charge is 2.43. The Balaban J connectivity index is 2.25. The second kappa shape index (κ2) is 5.19. The van der Waals surface area contributed by atoms with Gasteiger partial charge in [0.25, 0.3) is 0 Å². The fourth-order valence-corrected chi connectivity index (χ4v) is 2.21. The van der Waals surface area contributed by atoms with E-state index in [2.05, 4.69) is 15.3 Å². The van der Waals surface area contributed by atoms with Crippen molar-refractivity contribution in [1.82, 2.24) is 20.2 Å². The summed E-state index contributed by atoms with van der Waals surface area (Å²) in [4.78, 5) is 34.2. The van der Waals surface area contributed by atoms with Crippen molar-refractivity contribution in [2.75, 3.05) is 0 Å². The van der Waals surface area contributed by atoms with Crippen molar-refractivity contribution in [3.05, 3.63) is 24.3 Å². The summed E-state index contributed by atoms with van der Waals surface area (Å²) in [6.07, 6.45) is 3.07. The molecule has 6 nitrogen and oxygen atoms in total. The largest absolute Gasteiger partial charge is 0.342 e. The van der Waals surface area contributed by atoms with Gasteiger partial charge in [0.2, 0.25) is 11.8 Å². The first-order chi connectivity index (χ1) is 9.30. The molecule has 0 spiro atoms. The normalized spacial score (nSPS) is 23.7. The molecule has 2 amide bonds. The van der Waals surface area contributed by atoms with E-state index in [1.54, 1.807) is 24.1 Å². The molecule has 2 rings (SSSR count). The maximum atomic E-state index is 12.6. The molecule has 2 heterocycles. The van der Waals surface area contributed by atoms with Gasteiger partial charge in [-0.15, -0.1) is 0 Å². The van der Waals surface area contributed by atoms with Crippen LogP contribution in [0.15, 0.2) is 18.6 Å². The fourth-order valence-electron chi connectivity index (χ4n) is 2.21. The maximum absolute atomic E-state index is 12.6. The molecule has 1 N–H and O–H groups in total. The first kappa shape index (κ1) is 14.4. The van der Waals surface area contributed by atoms with Crippen LogP contribution < -0.4 is 5.32 Å². The number of amides is 2. The molecule has 1 saturated heterocycles. The Labute approximate surface area is 118 Å². The summed E-state index contributed by atoms with van der Waals surface area (Å²) >= 11 is 0. The van der Waals surface area contributed by atoms with Crippen molar-refractivity contribution in [2.24, 2.45) is 5.41 Å². The smallest absolute Gasteiger partial charge is 0.246 e. The number of carbonyl (C=O) groups excluding carboxylic acids is 2. The van der Waals surface area contributed by atoms with Crippen molar-refractivity contribution in [3.63, 3.8) is 0 Å². The molecule has 0 saturated carbocycles. The van der Waals surface area contributed by atoms with Gasteiger partial charge in [0.05, 0.1) is 12.2 Å². The lowest BCUT2D eigenvalue weighted by molar-refractivity contribution is -0.152. The first-order valence-corrected chi connectivity index (χ1v) is 6.66. The van der Waals surface area contributed by atoms with Gasteiger partial charge in [-0.05, 0) is 18.4 Å². The quantitative estimate of drug-likeness (QED) is 0.864. The van der Waals surface area contributed by atoms with E-state index in [1.807, 2.05) is 20.8 Å². The van der Waals surface area contributed by atoms with E-state index in [-0.39, 0.29) is 17.2 Å². The number of nitrogens with zero attached hydrogens (tertiary/aromatic N) is 3. The molecule has 1 aromatic rings. The summed E-state index contributed by atoms with van der Waals surface area (Å²) in [7, 11) is 0. The Kier molecular flexibility index (Phi) is 3.74. The maximum Gasteiger partial charge on any atom is 0.246 e. The molecule has 1 aliphatic rings. The van der Waals surface area contributed by atoms with E-state index in [0.29, 0.717) is 6.54 Å². The van der Waals surface area contributed by atoms with Gasteiger partial charge in [0.15, 0.2) is 0 Å². The molecule has 108 valence electrons. The lowest BCUT2D eigenvalue weighted by atomic mass is 9.84. The number of piperazine rings is 1. The van der Waals surface area contributed by atoms with Crippen LogP contribution in [0.25, 0.3) is 0 Å². The van der Waals surface area contributed by atoms with Crippen LogP contribution >= 0.6 is 0 Å². The third-order valence-electron chi connectivity index (χ3n) is 3.51. The number of carbonyl (C=O) groups is 2. The lowest BCUT2D eigenvalue weighted by Gasteiger charge is -2.42. The van der Waals surface area contributed by atoms with Crippen LogP contribution in [0.1, 0.15) is 33.4 Å². The predicted molar refractivity (Wildman–Crippen MR) is 73.4 cm³/mol. The molecule has 1 fully saturated rings. The zero-order chi connectivity index (χ0) is 14.9. The van der Waals surface area contributed by atoms with Gasteiger partial charge in [-0.3, -0.25) is 9.59 Å². The third-order valence-corrected chi connectivity index (χ3v) is 3.51. The minimum absolute atomic E-state index is 0.0665. The number of hydrogen-bond donors (Lipinski definition) is 1. The van der Waals surface area contributed by atoms with Crippen LogP contribution in [0.5, 0.6) is 0 Å². The van der Waals surface area contributed by atoms with Gasteiger partial charge in [-0.2, -0.15) is 0 Å². The topological polar surface area (TPSA) is 75.2 Å². The summed E-state index contributed by atoms with van der Waals surface area (Å²) in [6, 6.07) is 0.752. The minimum atomic E-state index is -0.506. The Hall–Kier alpha value is -1.98. The summed E-state index contributed by atoms with van der Waals surface area (Å²) in [5.74, 6) is -0.193. The lowest BCUT2D eigenvalue weighted by Crippen LogP contribution is -2.65. The number of hydrogen-bond acceptors (Lipinski definition) is 4. The highest BCUT2D eigenvalue weighted by Crippen LogP contribution is 2.25. The van der Waals surface area contributed by atoms with Crippen LogP contribution in [0.4, 0.5) is 0 Å². The molecule has 1 aromatic heterocycles. The highest BCUT2D eigenvalue weighted by molar-refractivity contribution is 5.97. The predicted octanol–water partition coefficient (Wildman–Crippen LogP) is 0.738.